The second-order valence-electron chi connectivity index (χ2n) is 6.85. The summed E-state index contributed by atoms with van der Waals surface area (Å²) in [5.41, 5.74) is 7.61. The number of hydrazone groups is 1. The summed E-state index contributed by atoms with van der Waals surface area (Å²) in [6.45, 7) is 2.72. The number of fused-ring (bicyclic) bond motifs is 1. The molecule has 2 amide bonds. The van der Waals surface area contributed by atoms with Crippen LogP contribution in [0.5, 0.6) is 0 Å². The Morgan fingerprint density at radius 2 is 1.69 bits per heavy atom. The van der Waals surface area contributed by atoms with E-state index in [0.717, 1.165) is 34.3 Å². The van der Waals surface area contributed by atoms with Gasteiger partial charge in [0.2, 0.25) is 0 Å². The lowest BCUT2D eigenvalue weighted by Gasteiger charge is -2.06. The number of rotatable bonds is 5. The van der Waals surface area contributed by atoms with Crippen LogP contribution in [0, 0.1) is 6.92 Å². The van der Waals surface area contributed by atoms with E-state index in [1.165, 1.54) is 5.56 Å². The number of aryl methyl sites for hydroxylation is 1. The van der Waals surface area contributed by atoms with E-state index in [1.54, 1.807) is 6.21 Å². The van der Waals surface area contributed by atoms with Crippen molar-refractivity contribution in [1.82, 2.24) is 9.99 Å². The minimum Gasteiger partial charge on any atom is -0.342 e. The first-order valence-electron chi connectivity index (χ1n) is 9.48. The van der Waals surface area contributed by atoms with Gasteiger partial charge in [0.1, 0.15) is 0 Å². The number of hydrogen-bond acceptors (Lipinski definition) is 2. The summed E-state index contributed by atoms with van der Waals surface area (Å²) in [6.07, 6.45) is 3.74. The van der Waals surface area contributed by atoms with Gasteiger partial charge in [0.25, 0.3) is 0 Å². The van der Waals surface area contributed by atoms with Gasteiger partial charge in [-0.2, -0.15) is 5.10 Å². The molecule has 1 heterocycles. The number of benzene rings is 3. The van der Waals surface area contributed by atoms with Crippen LogP contribution in [0.2, 0.25) is 0 Å². The largest absolute Gasteiger partial charge is 0.342 e. The van der Waals surface area contributed by atoms with E-state index < -0.39 is 0 Å². The average molecular weight is 382 g/mol. The Morgan fingerprint density at radius 3 is 2.52 bits per heavy atom. The third-order valence-electron chi connectivity index (χ3n) is 4.78. The molecular weight excluding hydrogens is 360 g/mol. The molecule has 2 N–H and O–H groups in total. The van der Waals surface area contributed by atoms with E-state index in [1.807, 2.05) is 61.5 Å². The van der Waals surface area contributed by atoms with Gasteiger partial charge >= 0.3 is 6.03 Å². The summed E-state index contributed by atoms with van der Waals surface area (Å²) in [5.74, 6) is 0. The second-order valence-corrected chi connectivity index (χ2v) is 6.85. The zero-order chi connectivity index (χ0) is 20.1. The van der Waals surface area contributed by atoms with Gasteiger partial charge in [-0.3, -0.25) is 0 Å². The number of amides is 2. The van der Waals surface area contributed by atoms with E-state index in [2.05, 4.69) is 50.9 Å². The zero-order valence-electron chi connectivity index (χ0n) is 16.2. The number of aromatic nitrogens is 1. The predicted octanol–water partition coefficient (Wildman–Crippen LogP) is 5.15. The van der Waals surface area contributed by atoms with Crippen molar-refractivity contribution >= 4 is 28.8 Å². The number of anilines is 1. The molecule has 0 radical (unpaired) electrons. The number of hydrogen-bond donors (Lipinski definition) is 2. The maximum Gasteiger partial charge on any atom is 0.339 e. The summed E-state index contributed by atoms with van der Waals surface area (Å²) >= 11 is 0. The summed E-state index contributed by atoms with van der Waals surface area (Å²) < 4.78 is 2.19. The fourth-order valence-corrected chi connectivity index (χ4v) is 3.31. The highest BCUT2D eigenvalue weighted by atomic mass is 16.2. The summed E-state index contributed by atoms with van der Waals surface area (Å²) in [7, 11) is 0. The average Bonchev–Trinajstić information content (AvgIpc) is 3.08. The van der Waals surface area contributed by atoms with Gasteiger partial charge in [-0.1, -0.05) is 66.7 Å². The number of para-hydroxylation sites is 2. The van der Waals surface area contributed by atoms with Crippen molar-refractivity contribution in [3.63, 3.8) is 0 Å². The number of carbonyl (C=O) groups excluding carboxylic acids is 1. The first-order valence-corrected chi connectivity index (χ1v) is 9.48. The van der Waals surface area contributed by atoms with E-state index >= 15 is 0 Å². The van der Waals surface area contributed by atoms with Gasteiger partial charge in [0.05, 0.1) is 6.21 Å². The van der Waals surface area contributed by atoms with Crippen molar-refractivity contribution in [3.8, 4) is 0 Å². The monoisotopic (exact) mass is 382 g/mol. The van der Waals surface area contributed by atoms with E-state index in [4.69, 9.17) is 0 Å². The molecule has 0 aliphatic rings. The summed E-state index contributed by atoms with van der Waals surface area (Å²) in [4.78, 5) is 12.1. The fourth-order valence-electron chi connectivity index (χ4n) is 3.31. The van der Waals surface area contributed by atoms with Gasteiger partial charge in [0.15, 0.2) is 0 Å². The number of urea groups is 1. The molecule has 1 aromatic heterocycles. The van der Waals surface area contributed by atoms with Crippen molar-refractivity contribution in [2.24, 2.45) is 5.10 Å². The van der Waals surface area contributed by atoms with Crippen LogP contribution in [0.25, 0.3) is 10.9 Å². The molecule has 4 rings (SSSR count). The normalized spacial score (nSPS) is 11.1. The van der Waals surface area contributed by atoms with Crippen LogP contribution in [0.1, 0.15) is 16.7 Å². The Bertz CT molecular complexity index is 1160. The Labute approximate surface area is 169 Å². The maximum absolute atomic E-state index is 12.1. The van der Waals surface area contributed by atoms with Crippen LogP contribution in [0.4, 0.5) is 10.5 Å². The summed E-state index contributed by atoms with van der Waals surface area (Å²) in [6, 6.07) is 25.8. The molecule has 0 aliphatic heterocycles. The van der Waals surface area contributed by atoms with Crippen LogP contribution in [-0.4, -0.2) is 16.8 Å². The van der Waals surface area contributed by atoms with Crippen LogP contribution in [0.3, 0.4) is 0 Å². The lowest BCUT2D eigenvalue weighted by Crippen LogP contribution is -2.24. The van der Waals surface area contributed by atoms with Crippen LogP contribution in [-0.2, 0) is 6.54 Å². The number of carbonyl (C=O) groups is 1. The summed E-state index contributed by atoms with van der Waals surface area (Å²) in [5, 5.41) is 8.03. The predicted molar refractivity (Wildman–Crippen MR) is 118 cm³/mol. The standard InChI is InChI=1S/C24H22N4O/c1-18-9-5-7-13-22(18)26-24(29)27-25-15-20-17-28(16-19-10-3-2-4-11-19)23-14-8-6-12-21(20)23/h2-15,17H,16H2,1H3,(H2,26,27,29). The van der Waals surface area contributed by atoms with Crippen molar-refractivity contribution < 1.29 is 4.79 Å². The third-order valence-corrected chi connectivity index (χ3v) is 4.78. The highest BCUT2D eigenvalue weighted by molar-refractivity contribution is 6.00. The topological polar surface area (TPSA) is 58.4 Å². The molecule has 29 heavy (non-hydrogen) atoms. The first kappa shape index (κ1) is 18.5. The van der Waals surface area contributed by atoms with Crippen LogP contribution in [0.15, 0.2) is 90.2 Å². The van der Waals surface area contributed by atoms with Gasteiger partial charge in [0, 0.05) is 34.9 Å². The minimum atomic E-state index is -0.372. The molecule has 0 unspecified atom stereocenters. The van der Waals surface area contributed by atoms with Gasteiger partial charge in [-0.25, -0.2) is 10.2 Å². The third kappa shape index (κ3) is 4.35. The van der Waals surface area contributed by atoms with Crippen molar-refractivity contribution in [3.05, 3.63) is 102 Å². The highest BCUT2D eigenvalue weighted by Gasteiger charge is 2.07. The smallest absolute Gasteiger partial charge is 0.339 e. The number of nitrogens with one attached hydrogen (secondary N) is 2. The molecule has 5 nitrogen and oxygen atoms in total. The molecule has 0 aliphatic carbocycles. The quantitative estimate of drug-likeness (QED) is 0.364. The number of nitrogens with zero attached hydrogens (tertiary/aromatic N) is 2. The van der Waals surface area contributed by atoms with Crippen molar-refractivity contribution in [1.29, 1.82) is 0 Å². The zero-order valence-corrected chi connectivity index (χ0v) is 16.2. The minimum absolute atomic E-state index is 0.372. The Kier molecular flexibility index (Phi) is 5.38. The molecule has 3 aromatic carbocycles. The van der Waals surface area contributed by atoms with Crippen LogP contribution < -0.4 is 10.7 Å². The Morgan fingerprint density at radius 1 is 0.966 bits per heavy atom. The fraction of sp³-hybridized carbons (Fsp3) is 0.0833. The van der Waals surface area contributed by atoms with Gasteiger partial charge in [-0.05, 0) is 30.2 Å². The van der Waals surface area contributed by atoms with E-state index in [-0.39, 0.29) is 6.03 Å². The lowest BCUT2D eigenvalue weighted by atomic mass is 10.2. The maximum atomic E-state index is 12.1. The SMILES string of the molecule is Cc1ccccc1NC(=O)NN=Cc1cn(Cc2ccccc2)c2ccccc12. The van der Waals surface area contributed by atoms with Gasteiger partial charge < -0.3 is 9.88 Å². The van der Waals surface area contributed by atoms with Crippen LogP contribution >= 0.6 is 0 Å². The molecule has 0 saturated heterocycles. The molecule has 0 bridgehead atoms. The Balaban J connectivity index is 1.50. The molecule has 144 valence electrons. The molecule has 0 spiro atoms. The van der Waals surface area contributed by atoms with Crippen molar-refractivity contribution in [2.75, 3.05) is 5.32 Å². The van der Waals surface area contributed by atoms with Gasteiger partial charge in [-0.15, -0.1) is 0 Å². The second kappa shape index (κ2) is 8.44. The molecule has 5 heteroatoms. The molecular formula is C24H22N4O. The van der Waals surface area contributed by atoms with Crippen molar-refractivity contribution in [2.45, 2.75) is 13.5 Å². The van der Waals surface area contributed by atoms with E-state index in [9.17, 15) is 4.79 Å². The molecule has 0 fully saturated rings. The Hall–Kier alpha value is -3.86. The van der Waals surface area contributed by atoms with E-state index in [0.29, 0.717) is 0 Å². The highest BCUT2D eigenvalue weighted by Crippen LogP contribution is 2.21. The lowest BCUT2D eigenvalue weighted by molar-refractivity contribution is 0.252. The molecule has 0 atom stereocenters. The first-order chi connectivity index (χ1) is 14.2. The molecule has 4 aromatic rings. The molecule has 0 saturated carbocycles.